The first kappa shape index (κ1) is 16.7. The Morgan fingerprint density at radius 3 is 2.85 bits per heavy atom. The number of halogens is 2. The van der Waals surface area contributed by atoms with Crippen LogP contribution >= 0.6 is 0 Å². The van der Waals surface area contributed by atoms with E-state index in [2.05, 4.69) is 17.1 Å². The number of aliphatic imine (C=N–C) groups is 1. The van der Waals surface area contributed by atoms with Crippen LogP contribution in [0.15, 0.2) is 41.5 Å². The maximum atomic E-state index is 13.8. The molecule has 1 aromatic carbocycles. The quantitative estimate of drug-likeness (QED) is 0.810. The topological polar surface area (TPSA) is 37.7 Å². The maximum absolute atomic E-state index is 13.8. The number of rotatable bonds is 4. The second-order valence-electron chi connectivity index (χ2n) is 7.58. The number of pyridine rings is 1. The molecular weight excluding hydrogens is 348 g/mol. The standard InChI is InChI=1S/C21H21F2N3O/c22-21(23)7-1-9-26(13-21)19-10-14(6-8-24-19)20-18-11-17(27-16-4-5-16)3-2-15(18)12-25-20/h2-3,6,8,10-11,16H,1,4-5,7,9,12-13H2. The molecule has 1 aromatic heterocycles. The monoisotopic (exact) mass is 369 g/mol. The summed E-state index contributed by atoms with van der Waals surface area (Å²) in [6.07, 6.45) is 4.69. The highest BCUT2D eigenvalue weighted by Gasteiger charge is 2.35. The number of hydrogen-bond acceptors (Lipinski definition) is 4. The van der Waals surface area contributed by atoms with Gasteiger partial charge in [-0.2, -0.15) is 0 Å². The van der Waals surface area contributed by atoms with Crippen LogP contribution in [0.25, 0.3) is 0 Å². The van der Waals surface area contributed by atoms with E-state index >= 15 is 0 Å². The molecule has 27 heavy (non-hydrogen) atoms. The first-order valence-corrected chi connectivity index (χ1v) is 9.51. The molecule has 1 saturated heterocycles. The molecule has 2 aliphatic heterocycles. The van der Waals surface area contributed by atoms with Crippen molar-refractivity contribution >= 4 is 11.5 Å². The second-order valence-corrected chi connectivity index (χ2v) is 7.58. The molecule has 4 nitrogen and oxygen atoms in total. The third kappa shape index (κ3) is 3.40. The minimum Gasteiger partial charge on any atom is -0.490 e. The van der Waals surface area contributed by atoms with Crippen molar-refractivity contribution < 1.29 is 13.5 Å². The van der Waals surface area contributed by atoms with Gasteiger partial charge in [-0.3, -0.25) is 4.99 Å². The van der Waals surface area contributed by atoms with Crippen molar-refractivity contribution in [1.82, 2.24) is 4.98 Å². The molecular formula is C21H21F2N3O. The highest BCUT2D eigenvalue weighted by molar-refractivity contribution is 6.15. The van der Waals surface area contributed by atoms with Crippen LogP contribution in [0.4, 0.5) is 14.6 Å². The van der Waals surface area contributed by atoms with Crippen LogP contribution in [0, 0.1) is 0 Å². The van der Waals surface area contributed by atoms with E-state index in [-0.39, 0.29) is 13.0 Å². The Morgan fingerprint density at radius 1 is 1.15 bits per heavy atom. The van der Waals surface area contributed by atoms with Crippen molar-refractivity contribution in [3.8, 4) is 5.75 Å². The van der Waals surface area contributed by atoms with Gasteiger partial charge in [0.15, 0.2) is 0 Å². The number of anilines is 1. The highest BCUT2D eigenvalue weighted by atomic mass is 19.3. The first-order chi connectivity index (χ1) is 13.1. The molecule has 0 bridgehead atoms. The van der Waals surface area contributed by atoms with Gasteiger partial charge in [0.25, 0.3) is 5.92 Å². The van der Waals surface area contributed by atoms with Crippen LogP contribution in [-0.4, -0.2) is 35.8 Å². The molecule has 0 unspecified atom stereocenters. The summed E-state index contributed by atoms with van der Waals surface area (Å²) >= 11 is 0. The molecule has 6 heteroatoms. The van der Waals surface area contributed by atoms with Crippen molar-refractivity contribution in [3.63, 3.8) is 0 Å². The molecule has 3 heterocycles. The number of hydrogen-bond donors (Lipinski definition) is 0. The van der Waals surface area contributed by atoms with Crippen molar-refractivity contribution in [1.29, 1.82) is 0 Å². The molecule has 0 radical (unpaired) electrons. The fourth-order valence-corrected chi connectivity index (χ4v) is 3.76. The van der Waals surface area contributed by atoms with Gasteiger partial charge in [0, 0.05) is 30.3 Å². The maximum Gasteiger partial charge on any atom is 0.265 e. The Morgan fingerprint density at radius 2 is 2.04 bits per heavy atom. The van der Waals surface area contributed by atoms with Crippen molar-refractivity contribution in [2.45, 2.75) is 44.3 Å². The summed E-state index contributed by atoms with van der Waals surface area (Å²) in [5, 5.41) is 0. The van der Waals surface area contributed by atoms with Crippen LogP contribution in [0.1, 0.15) is 42.4 Å². The number of benzene rings is 1. The highest BCUT2D eigenvalue weighted by Crippen LogP contribution is 2.33. The average molecular weight is 369 g/mol. The minimum atomic E-state index is -2.65. The van der Waals surface area contributed by atoms with Gasteiger partial charge in [-0.05, 0) is 49.1 Å². The van der Waals surface area contributed by atoms with E-state index in [1.165, 1.54) is 0 Å². The Labute approximate surface area is 156 Å². The first-order valence-electron chi connectivity index (χ1n) is 9.51. The SMILES string of the molecule is FC1(F)CCCN(c2cc(C3=NCc4ccc(OC5CC5)cc43)ccn2)C1. The number of nitrogens with zero attached hydrogens (tertiary/aromatic N) is 3. The average Bonchev–Trinajstić information content (AvgIpc) is 3.37. The molecule has 0 spiro atoms. The predicted octanol–water partition coefficient (Wildman–Crippen LogP) is 4.21. The zero-order valence-corrected chi connectivity index (χ0v) is 15.0. The van der Waals surface area contributed by atoms with Gasteiger partial charge < -0.3 is 9.64 Å². The summed E-state index contributed by atoms with van der Waals surface area (Å²) in [6, 6.07) is 9.90. The summed E-state index contributed by atoms with van der Waals surface area (Å²) in [5.74, 6) is -1.19. The van der Waals surface area contributed by atoms with Crippen LogP contribution < -0.4 is 9.64 Å². The van der Waals surface area contributed by atoms with E-state index in [9.17, 15) is 8.78 Å². The smallest absolute Gasteiger partial charge is 0.265 e. The number of piperidine rings is 1. The van der Waals surface area contributed by atoms with Crippen LogP contribution in [0.3, 0.4) is 0 Å². The van der Waals surface area contributed by atoms with E-state index in [0.29, 0.717) is 31.4 Å². The van der Waals surface area contributed by atoms with Crippen LogP contribution in [0.2, 0.25) is 0 Å². The lowest BCUT2D eigenvalue weighted by Gasteiger charge is -2.33. The molecule has 0 amide bonds. The molecule has 2 aromatic rings. The summed E-state index contributed by atoms with van der Waals surface area (Å²) in [5.41, 5.74) is 4.03. The number of fused-ring (bicyclic) bond motifs is 1. The molecule has 1 saturated carbocycles. The molecule has 2 fully saturated rings. The zero-order chi connectivity index (χ0) is 18.4. The lowest BCUT2D eigenvalue weighted by molar-refractivity contribution is -0.0118. The van der Waals surface area contributed by atoms with Crippen molar-refractivity contribution in [3.05, 3.63) is 53.2 Å². The van der Waals surface area contributed by atoms with E-state index in [1.54, 1.807) is 11.1 Å². The molecule has 0 N–H and O–H groups in total. The van der Waals surface area contributed by atoms with Crippen molar-refractivity contribution in [2.75, 3.05) is 18.0 Å². The Bertz CT molecular complexity index is 908. The Balaban J connectivity index is 1.43. The molecule has 1 aliphatic carbocycles. The number of alkyl halides is 2. The summed E-state index contributed by atoms with van der Waals surface area (Å²) < 4.78 is 33.5. The van der Waals surface area contributed by atoms with Gasteiger partial charge in [-0.1, -0.05) is 6.07 Å². The lowest BCUT2D eigenvalue weighted by atomic mass is 10.00. The molecule has 0 atom stereocenters. The van der Waals surface area contributed by atoms with Gasteiger partial charge >= 0.3 is 0 Å². The minimum absolute atomic E-state index is 0.0486. The Hall–Kier alpha value is -2.50. The van der Waals surface area contributed by atoms with Gasteiger partial charge in [-0.15, -0.1) is 0 Å². The zero-order valence-electron chi connectivity index (χ0n) is 15.0. The molecule has 140 valence electrons. The van der Waals surface area contributed by atoms with Gasteiger partial charge in [0.2, 0.25) is 0 Å². The number of aromatic nitrogens is 1. The van der Waals surface area contributed by atoms with Gasteiger partial charge in [-0.25, -0.2) is 13.8 Å². The lowest BCUT2D eigenvalue weighted by Crippen LogP contribution is -2.43. The predicted molar refractivity (Wildman–Crippen MR) is 100 cm³/mol. The largest absolute Gasteiger partial charge is 0.490 e. The summed E-state index contributed by atoms with van der Waals surface area (Å²) in [4.78, 5) is 10.7. The third-order valence-corrected chi connectivity index (χ3v) is 5.31. The summed E-state index contributed by atoms with van der Waals surface area (Å²) in [7, 11) is 0. The van der Waals surface area contributed by atoms with Gasteiger partial charge in [0.1, 0.15) is 11.6 Å². The van der Waals surface area contributed by atoms with Gasteiger partial charge in [0.05, 0.1) is 24.9 Å². The van der Waals surface area contributed by atoms with E-state index in [4.69, 9.17) is 9.73 Å². The van der Waals surface area contributed by atoms with E-state index < -0.39 is 5.92 Å². The normalized spacial score (nSPS) is 21.0. The second kappa shape index (κ2) is 6.29. The fraction of sp³-hybridized carbons (Fsp3) is 0.429. The molecule has 5 rings (SSSR count). The third-order valence-electron chi connectivity index (χ3n) is 5.31. The van der Waals surface area contributed by atoms with E-state index in [0.717, 1.165) is 41.0 Å². The van der Waals surface area contributed by atoms with Crippen LogP contribution in [-0.2, 0) is 6.54 Å². The Kier molecular flexibility index (Phi) is 3.88. The summed E-state index contributed by atoms with van der Waals surface area (Å²) in [6.45, 7) is 0.966. The molecule has 3 aliphatic rings. The number of ether oxygens (including phenoxy) is 1. The van der Waals surface area contributed by atoms with E-state index in [1.807, 2.05) is 18.2 Å². The fourth-order valence-electron chi connectivity index (χ4n) is 3.76. The van der Waals surface area contributed by atoms with Crippen LogP contribution in [0.5, 0.6) is 5.75 Å². The van der Waals surface area contributed by atoms with Crippen molar-refractivity contribution in [2.24, 2.45) is 4.99 Å².